The Balaban J connectivity index is 2.64. The molecule has 17 heavy (non-hydrogen) atoms. The Morgan fingerprint density at radius 2 is 2.06 bits per heavy atom. The maximum atomic E-state index is 11.9. The molecule has 1 aromatic carbocycles. The van der Waals surface area contributed by atoms with E-state index in [0.29, 0.717) is 25.9 Å². The number of nitriles is 1. The van der Waals surface area contributed by atoms with Crippen LogP contribution in [0.25, 0.3) is 0 Å². The van der Waals surface area contributed by atoms with Gasteiger partial charge in [-0.3, -0.25) is 4.79 Å². The van der Waals surface area contributed by atoms with Crippen molar-refractivity contribution in [3.8, 4) is 6.07 Å². The number of benzene rings is 1. The molecule has 90 valence electrons. The van der Waals surface area contributed by atoms with Crippen LogP contribution in [0.1, 0.15) is 17.5 Å². The van der Waals surface area contributed by atoms with E-state index in [4.69, 9.17) is 11.0 Å². The summed E-state index contributed by atoms with van der Waals surface area (Å²) in [5, 5.41) is 8.46. The number of likely N-dealkylation sites (N-methyl/N-ethyl adjacent to an activating group) is 1. The second-order valence-electron chi connectivity index (χ2n) is 3.87. The Bertz CT molecular complexity index is 423. The summed E-state index contributed by atoms with van der Waals surface area (Å²) < 4.78 is 0. The van der Waals surface area contributed by atoms with Crippen molar-refractivity contribution < 1.29 is 4.79 Å². The fourth-order valence-corrected chi connectivity index (χ4v) is 1.57. The van der Waals surface area contributed by atoms with Crippen LogP contribution in [0.3, 0.4) is 0 Å². The van der Waals surface area contributed by atoms with Crippen molar-refractivity contribution in [1.29, 1.82) is 5.26 Å². The highest BCUT2D eigenvalue weighted by molar-refractivity contribution is 5.78. The van der Waals surface area contributed by atoms with Gasteiger partial charge >= 0.3 is 0 Å². The molecule has 0 aliphatic heterocycles. The van der Waals surface area contributed by atoms with Crippen molar-refractivity contribution in [2.75, 3.05) is 13.6 Å². The molecule has 4 nitrogen and oxygen atoms in total. The largest absolute Gasteiger partial charge is 0.344 e. The number of carbonyl (C=O) groups excluding carboxylic acids is 1. The molecule has 1 aromatic rings. The topological polar surface area (TPSA) is 70.1 Å². The lowest BCUT2D eigenvalue weighted by molar-refractivity contribution is -0.129. The maximum absolute atomic E-state index is 11.9. The summed E-state index contributed by atoms with van der Waals surface area (Å²) >= 11 is 0. The van der Waals surface area contributed by atoms with Gasteiger partial charge < -0.3 is 10.6 Å². The lowest BCUT2D eigenvalue weighted by atomic mass is 10.0. The molecule has 1 rings (SSSR count). The van der Waals surface area contributed by atoms with E-state index in [2.05, 4.69) is 0 Å². The van der Waals surface area contributed by atoms with E-state index >= 15 is 0 Å². The number of nitrogens with zero attached hydrogens (tertiary/aromatic N) is 2. The third kappa shape index (κ3) is 3.89. The SMILES string of the molecule is CN(CCC#N)C(=O)Cc1ccccc1CN. The average molecular weight is 231 g/mol. The number of nitrogens with two attached hydrogens (primary N) is 1. The fraction of sp³-hybridized carbons (Fsp3) is 0.385. The summed E-state index contributed by atoms with van der Waals surface area (Å²) in [7, 11) is 1.71. The standard InChI is InChI=1S/C13H17N3O/c1-16(8-4-7-14)13(17)9-11-5-2-3-6-12(11)10-15/h2-3,5-6H,4,8-10,15H2,1H3. The first-order valence-corrected chi connectivity index (χ1v) is 5.56. The highest BCUT2D eigenvalue weighted by Gasteiger charge is 2.11. The summed E-state index contributed by atoms with van der Waals surface area (Å²) in [6.45, 7) is 0.908. The first-order chi connectivity index (χ1) is 8.19. The van der Waals surface area contributed by atoms with Gasteiger partial charge in [0.05, 0.1) is 18.9 Å². The van der Waals surface area contributed by atoms with Gasteiger partial charge in [0.15, 0.2) is 0 Å². The van der Waals surface area contributed by atoms with Crippen LogP contribution in [0, 0.1) is 11.3 Å². The molecular weight excluding hydrogens is 214 g/mol. The van der Waals surface area contributed by atoms with Gasteiger partial charge in [-0.15, -0.1) is 0 Å². The van der Waals surface area contributed by atoms with Gasteiger partial charge in [-0.25, -0.2) is 0 Å². The molecule has 0 saturated heterocycles. The fourth-order valence-electron chi connectivity index (χ4n) is 1.57. The Morgan fingerprint density at radius 3 is 2.65 bits per heavy atom. The van der Waals surface area contributed by atoms with E-state index in [1.807, 2.05) is 30.3 Å². The second kappa shape index (κ2) is 6.66. The van der Waals surface area contributed by atoms with Gasteiger partial charge in [-0.1, -0.05) is 24.3 Å². The van der Waals surface area contributed by atoms with E-state index in [-0.39, 0.29) is 5.91 Å². The molecule has 0 atom stereocenters. The van der Waals surface area contributed by atoms with Gasteiger partial charge in [0.2, 0.25) is 5.91 Å². The predicted molar refractivity (Wildman–Crippen MR) is 65.9 cm³/mol. The van der Waals surface area contributed by atoms with Crippen molar-refractivity contribution in [2.45, 2.75) is 19.4 Å². The molecular formula is C13H17N3O. The van der Waals surface area contributed by atoms with Crippen LogP contribution in [-0.4, -0.2) is 24.4 Å². The third-order valence-corrected chi connectivity index (χ3v) is 2.66. The zero-order valence-electron chi connectivity index (χ0n) is 10.0. The van der Waals surface area contributed by atoms with Crippen LogP contribution in [0.4, 0.5) is 0 Å². The molecule has 0 fully saturated rings. The van der Waals surface area contributed by atoms with Crippen molar-refractivity contribution >= 4 is 5.91 Å². The van der Waals surface area contributed by atoms with Crippen molar-refractivity contribution in [2.24, 2.45) is 5.73 Å². The van der Waals surface area contributed by atoms with Crippen LogP contribution in [0.2, 0.25) is 0 Å². The molecule has 0 heterocycles. The smallest absolute Gasteiger partial charge is 0.226 e. The van der Waals surface area contributed by atoms with Crippen molar-refractivity contribution in [3.05, 3.63) is 35.4 Å². The van der Waals surface area contributed by atoms with E-state index < -0.39 is 0 Å². The number of carbonyl (C=O) groups is 1. The summed E-state index contributed by atoms with van der Waals surface area (Å²) in [6, 6.07) is 9.68. The van der Waals surface area contributed by atoms with Crippen LogP contribution < -0.4 is 5.73 Å². The van der Waals surface area contributed by atoms with Gasteiger partial charge in [-0.05, 0) is 11.1 Å². The monoisotopic (exact) mass is 231 g/mol. The number of hydrogen-bond donors (Lipinski definition) is 1. The van der Waals surface area contributed by atoms with E-state index in [0.717, 1.165) is 11.1 Å². The average Bonchev–Trinajstić information content (AvgIpc) is 2.36. The summed E-state index contributed by atoms with van der Waals surface area (Å²) in [5.41, 5.74) is 7.57. The molecule has 0 radical (unpaired) electrons. The molecule has 0 unspecified atom stereocenters. The molecule has 0 aromatic heterocycles. The van der Waals surface area contributed by atoms with E-state index in [1.54, 1.807) is 11.9 Å². The summed E-state index contributed by atoms with van der Waals surface area (Å²) in [5.74, 6) is 0.0150. The van der Waals surface area contributed by atoms with Gasteiger partial charge in [0, 0.05) is 20.1 Å². The number of hydrogen-bond acceptors (Lipinski definition) is 3. The zero-order valence-corrected chi connectivity index (χ0v) is 10.0. The molecule has 1 amide bonds. The lowest BCUT2D eigenvalue weighted by Gasteiger charge is -2.16. The minimum Gasteiger partial charge on any atom is -0.344 e. The molecule has 0 aliphatic carbocycles. The zero-order chi connectivity index (χ0) is 12.7. The van der Waals surface area contributed by atoms with Gasteiger partial charge in [-0.2, -0.15) is 5.26 Å². The molecule has 0 aliphatic rings. The highest BCUT2D eigenvalue weighted by Crippen LogP contribution is 2.09. The summed E-state index contributed by atoms with van der Waals surface area (Å²) in [6.07, 6.45) is 0.704. The number of rotatable bonds is 5. The molecule has 2 N–H and O–H groups in total. The maximum Gasteiger partial charge on any atom is 0.226 e. The minimum atomic E-state index is 0.0150. The first-order valence-electron chi connectivity index (χ1n) is 5.56. The van der Waals surface area contributed by atoms with Crippen LogP contribution in [-0.2, 0) is 17.8 Å². The van der Waals surface area contributed by atoms with E-state index in [9.17, 15) is 4.79 Å². The minimum absolute atomic E-state index is 0.0150. The molecule has 4 heteroatoms. The van der Waals surface area contributed by atoms with Crippen LogP contribution in [0.15, 0.2) is 24.3 Å². The van der Waals surface area contributed by atoms with Crippen LogP contribution in [0.5, 0.6) is 0 Å². The van der Waals surface area contributed by atoms with Gasteiger partial charge in [0.1, 0.15) is 0 Å². The normalized spacial score (nSPS) is 9.71. The predicted octanol–water partition coefficient (Wildman–Crippen LogP) is 1.06. The first kappa shape index (κ1) is 13.2. The second-order valence-corrected chi connectivity index (χ2v) is 3.87. The molecule has 0 saturated carbocycles. The van der Waals surface area contributed by atoms with Crippen molar-refractivity contribution in [3.63, 3.8) is 0 Å². The number of amides is 1. The van der Waals surface area contributed by atoms with Gasteiger partial charge in [0.25, 0.3) is 0 Å². The van der Waals surface area contributed by atoms with Crippen molar-refractivity contribution in [1.82, 2.24) is 4.90 Å². The third-order valence-electron chi connectivity index (χ3n) is 2.66. The van der Waals surface area contributed by atoms with E-state index in [1.165, 1.54) is 0 Å². The van der Waals surface area contributed by atoms with Crippen LogP contribution >= 0.6 is 0 Å². The molecule has 0 spiro atoms. The Kier molecular flexibility index (Phi) is 5.18. The quantitative estimate of drug-likeness (QED) is 0.823. The Hall–Kier alpha value is -1.86. The Labute approximate surface area is 102 Å². The highest BCUT2D eigenvalue weighted by atomic mass is 16.2. The summed E-state index contributed by atoms with van der Waals surface area (Å²) in [4.78, 5) is 13.4. The Morgan fingerprint density at radius 1 is 1.41 bits per heavy atom. The lowest BCUT2D eigenvalue weighted by Crippen LogP contribution is -2.29. The molecule has 0 bridgehead atoms.